The van der Waals surface area contributed by atoms with E-state index in [2.05, 4.69) is 5.43 Å². The number of anilines is 2. The second kappa shape index (κ2) is 9.13. The minimum absolute atomic E-state index is 0.0729. The number of fused-ring (bicyclic) bond motifs is 1. The molecule has 0 aliphatic carbocycles. The van der Waals surface area contributed by atoms with Gasteiger partial charge in [-0.25, -0.2) is 0 Å². The predicted molar refractivity (Wildman–Crippen MR) is 114 cm³/mol. The second-order valence-corrected chi connectivity index (χ2v) is 6.82. The van der Waals surface area contributed by atoms with Gasteiger partial charge in [0.25, 0.3) is 0 Å². The first kappa shape index (κ1) is 19.5. The average molecular weight is 402 g/mol. The first-order valence-corrected chi connectivity index (χ1v) is 9.83. The molecule has 0 unspecified atom stereocenters. The number of nitrogens with zero attached hydrogens (tertiary/aromatic N) is 1. The molecule has 0 saturated heterocycles. The lowest BCUT2D eigenvalue weighted by molar-refractivity contribution is -0.121. The fourth-order valence-electron chi connectivity index (χ4n) is 3.20. The van der Waals surface area contributed by atoms with E-state index in [-0.39, 0.29) is 24.5 Å². The molecule has 30 heavy (non-hydrogen) atoms. The van der Waals surface area contributed by atoms with Gasteiger partial charge in [-0.2, -0.15) is 0 Å². The van der Waals surface area contributed by atoms with Crippen molar-refractivity contribution < 1.29 is 19.1 Å². The van der Waals surface area contributed by atoms with E-state index >= 15 is 0 Å². The Labute approximate surface area is 175 Å². The topological polar surface area (TPSA) is 67.9 Å². The Kier molecular flexibility index (Phi) is 5.94. The zero-order valence-electron chi connectivity index (χ0n) is 16.4. The Morgan fingerprint density at radius 1 is 0.767 bits per heavy atom. The number of hydrogen-bond acceptors (Lipinski definition) is 5. The van der Waals surface area contributed by atoms with Crippen LogP contribution in [-0.2, 0) is 4.79 Å². The molecule has 152 valence electrons. The molecule has 0 saturated carbocycles. The molecular formula is C24H22N2O4. The van der Waals surface area contributed by atoms with Crippen LogP contribution in [0.3, 0.4) is 0 Å². The molecule has 0 spiro atoms. The van der Waals surface area contributed by atoms with Crippen LogP contribution in [0.25, 0.3) is 0 Å². The highest BCUT2D eigenvalue weighted by atomic mass is 16.6. The van der Waals surface area contributed by atoms with Crippen LogP contribution in [0.15, 0.2) is 78.9 Å². The summed E-state index contributed by atoms with van der Waals surface area (Å²) in [5, 5.41) is 1.72. The van der Waals surface area contributed by atoms with E-state index in [9.17, 15) is 9.59 Å². The SMILES string of the molecule is O=C(CCC(=O)c1ccc2c(c1)OCCO2)NN(c1ccccc1)c1ccccc1. The summed E-state index contributed by atoms with van der Waals surface area (Å²) in [6, 6.07) is 24.2. The number of amides is 1. The fourth-order valence-corrected chi connectivity index (χ4v) is 3.20. The first-order chi connectivity index (χ1) is 14.7. The zero-order valence-corrected chi connectivity index (χ0v) is 16.4. The lowest BCUT2D eigenvalue weighted by atomic mass is 10.1. The summed E-state index contributed by atoms with van der Waals surface area (Å²) < 4.78 is 11.0. The number of benzene rings is 3. The van der Waals surface area contributed by atoms with Gasteiger partial charge in [-0.15, -0.1) is 0 Å². The van der Waals surface area contributed by atoms with Gasteiger partial charge in [0.2, 0.25) is 5.91 Å². The number of ketones is 1. The van der Waals surface area contributed by atoms with Gasteiger partial charge in [0.15, 0.2) is 17.3 Å². The monoisotopic (exact) mass is 402 g/mol. The molecule has 3 aromatic rings. The van der Waals surface area contributed by atoms with Crippen molar-refractivity contribution in [2.24, 2.45) is 0 Å². The van der Waals surface area contributed by atoms with E-state index in [1.165, 1.54) is 0 Å². The molecule has 0 radical (unpaired) electrons. The van der Waals surface area contributed by atoms with Crippen LogP contribution >= 0.6 is 0 Å². The quantitative estimate of drug-likeness (QED) is 0.472. The van der Waals surface area contributed by atoms with Crippen LogP contribution in [0, 0.1) is 0 Å². The molecule has 0 aromatic heterocycles. The van der Waals surface area contributed by atoms with Crippen LogP contribution in [0.5, 0.6) is 11.5 Å². The van der Waals surface area contributed by atoms with Crippen LogP contribution in [0.1, 0.15) is 23.2 Å². The highest BCUT2D eigenvalue weighted by molar-refractivity contribution is 5.98. The highest BCUT2D eigenvalue weighted by Crippen LogP contribution is 2.31. The summed E-state index contributed by atoms with van der Waals surface area (Å²) in [5.74, 6) is 0.842. The zero-order chi connectivity index (χ0) is 20.8. The second-order valence-electron chi connectivity index (χ2n) is 6.82. The first-order valence-electron chi connectivity index (χ1n) is 9.83. The lowest BCUT2D eigenvalue weighted by Gasteiger charge is -2.25. The molecule has 6 nitrogen and oxygen atoms in total. The Bertz CT molecular complexity index is 982. The number of para-hydroxylation sites is 2. The Morgan fingerprint density at radius 2 is 1.37 bits per heavy atom. The molecule has 4 rings (SSSR count). The summed E-state index contributed by atoms with van der Waals surface area (Å²) in [6.45, 7) is 0.960. The van der Waals surface area contributed by atoms with Crippen molar-refractivity contribution in [1.82, 2.24) is 5.43 Å². The maximum absolute atomic E-state index is 12.6. The predicted octanol–water partition coefficient (Wildman–Crippen LogP) is 4.29. The van der Waals surface area contributed by atoms with Gasteiger partial charge in [0.1, 0.15) is 13.2 Å². The smallest absolute Gasteiger partial charge is 0.239 e. The normalized spacial score (nSPS) is 12.1. The minimum Gasteiger partial charge on any atom is -0.486 e. The standard InChI is InChI=1S/C24H22N2O4/c27-21(18-11-13-22-23(17-18)30-16-15-29-22)12-14-24(28)25-26(19-7-3-1-4-8-19)20-9-5-2-6-10-20/h1-11,13,17H,12,14-16H2,(H,25,28). The van der Waals surface area contributed by atoms with E-state index in [0.717, 1.165) is 11.4 Å². The summed E-state index contributed by atoms with van der Waals surface area (Å²) in [6.07, 6.45) is 0.173. The summed E-state index contributed by atoms with van der Waals surface area (Å²) >= 11 is 0. The number of hydrogen-bond donors (Lipinski definition) is 1. The van der Waals surface area contributed by atoms with E-state index in [1.807, 2.05) is 60.7 Å². The average Bonchev–Trinajstić information content (AvgIpc) is 2.81. The molecule has 6 heteroatoms. The molecule has 0 bridgehead atoms. The summed E-state index contributed by atoms with van der Waals surface area (Å²) in [7, 11) is 0. The molecule has 1 heterocycles. The van der Waals surface area contributed by atoms with Crippen molar-refractivity contribution in [2.45, 2.75) is 12.8 Å². The van der Waals surface area contributed by atoms with E-state index in [1.54, 1.807) is 23.2 Å². The number of carbonyl (C=O) groups is 2. The van der Waals surface area contributed by atoms with Gasteiger partial charge in [0.05, 0.1) is 11.4 Å². The van der Waals surface area contributed by atoms with Gasteiger partial charge in [0, 0.05) is 18.4 Å². The molecular weight excluding hydrogens is 380 g/mol. The van der Waals surface area contributed by atoms with E-state index in [4.69, 9.17) is 9.47 Å². The largest absolute Gasteiger partial charge is 0.486 e. The van der Waals surface area contributed by atoms with Crippen LogP contribution in [0.4, 0.5) is 11.4 Å². The molecule has 1 aliphatic heterocycles. The summed E-state index contributed by atoms with van der Waals surface area (Å²) in [4.78, 5) is 25.2. The van der Waals surface area contributed by atoms with Crippen LogP contribution < -0.4 is 19.9 Å². The van der Waals surface area contributed by atoms with Crippen molar-refractivity contribution in [1.29, 1.82) is 0 Å². The molecule has 3 aromatic carbocycles. The van der Waals surface area contributed by atoms with Crippen molar-refractivity contribution in [3.63, 3.8) is 0 Å². The molecule has 0 fully saturated rings. The van der Waals surface area contributed by atoms with Crippen molar-refractivity contribution in [2.75, 3.05) is 18.2 Å². The third-order valence-electron chi connectivity index (χ3n) is 4.71. The molecule has 1 aliphatic rings. The number of hydrazine groups is 1. The maximum atomic E-state index is 12.6. The van der Waals surface area contributed by atoms with Crippen LogP contribution in [0.2, 0.25) is 0 Å². The Morgan fingerprint density at radius 3 is 2.00 bits per heavy atom. The third kappa shape index (κ3) is 4.60. The molecule has 1 N–H and O–H groups in total. The van der Waals surface area contributed by atoms with E-state index < -0.39 is 0 Å². The number of carbonyl (C=O) groups excluding carboxylic acids is 2. The highest BCUT2D eigenvalue weighted by Gasteiger charge is 2.17. The molecule has 0 atom stereocenters. The van der Waals surface area contributed by atoms with Crippen LogP contribution in [-0.4, -0.2) is 24.9 Å². The lowest BCUT2D eigenvalue weighted by Crippen LogP contribution is -2.39. The number of rotatable bonds is 7. The fraction of sp³-hybridized carbons (Fsp3) is 0.167. The number of ether oxygens (including phenoxy) is 2. The summed E-state index contributed by atoms with van der Waals surface area (Å²) in [5.41, 5.74) is 5.07. The van der Waals surface area contributed by atoms with Gasteiger partial charge in [-0.3, -0.25) is 20.0 Å². The van der Waals surface area contributed by atoms with Gasteiger partial charge < -0.3 is 9.47 Å². The third-order valence-corrected chi connectivity index (χ3v) is 4.71. The number of nitrogens with one attached hydrogen (secondary N) is 1. The van der Waals surface area contributed by atoms with Crippen molar-refractivity contribution in [3.05, 3.63) is 84.4 Å². The number of Topliss-reactive ketones (excluding diaryl/α,β-unsaturated/α-hetero) is 1. The van der Waals surface area contributed by atoms with Crippen molar-refractivity contribution >= 4 is 23.1 Å². The Hall–Kier alpha value is -3.80. The van der Waals surface area contributed by atoms with E-state index in [0.29, 0.717) is 30.3 Å². The van der Waals surface area contributed by atoms with Gasteiger partial charge in [-0.1, -0.05) is 36.4 Å². The van der Waals surface area contributed by atoms with Crippen molar-refractivity contribution in [3.8, 4) is 11.5 Å². The van der Waals surface area contributed by atoms with Gasteiger partial charge >= 0.3 is 0 Å². The maximum Gasteiger partial charge on any atom is 0.239 e. The molecule has 1 amide bonds. The Balaban J connectivity index is 1.41. The van der Waals surface area contributed by atoms with Gasteiger partial charge in [-0.05, 0) is 42.5 Å². The minimum atomic E-state index is -0.242.